The second kappa shape index (κ2) is 16.6. The summed E-state index contributed by atoms with van der Waals surface area (Å²) in [5, 5.41) is 2.79. The second-order valence-electron chi connectivity index (χ2n) is 10.9. The standard InChI is InChI=1S/C38H36F3NO8/c1-4-47-32-22-25(23-33(43)50-24-37(35(45)48-5-2,36(46)49-6-3)27-12-8-7-9-13-27)16-21-31(32)42-34(44)30-15-11-10-14-29(30)26-17-19-28(20-18-26)38(39,40)41/h7-22H,4-6,23-24H2,1-3H3,(H,42,44). The SMILES string of the molecule is CCOC(=O)C(COC(=O)Cc1ccc(NC(=O)c2ccccc2-c2ccc(C(F)(F)F)cc2)c(OCC)c1)(C(=O)OCC)c1ccccc1. The normalized spacial score (nSPS) is 11.3. The Morgan fingerprint density at radius 1 is 0.680 bits per heavy atom. The molecule has 0 unspecified atom stereocenters. The fourth-order valence-corrected chi connectivity index (χ4v) is 5.17. The molecule has 1 amide bonds. The van der Waals surface area contributed by atoms with Crippen LogP contribution in [0.4, 0.5) is 18.9 Å². The summed E-state index contributed by atoms with van der Waals surface area (Å²) in [6.45, 7) is 4.42. The van der Waals surface area contributed by atoms with E-state index >= 15 is 0 Å². The summed E-state index contributed by atoms with van der Waals surface area (Å²) >= 11 is 0. The average molecular weight is 692 g/mol. The minimum Gasteiger partial charge on any atom is -0.492 e. The van der Waals surface area contributed by atoms with E-state index in [9.17, 15) is 32.3 Å². The van der Waals surface area contributed by atoms with Crippen LogP contribution >= 0.6 is 0 Å². The Bertz CT molecular complexity index is 1790. The van der Waals surface area contributed by atoms with Gasteiger partial charge >= 0.3 is 24.1 Å². The van der Waals surface area contributed by atoms with Crippen LogP contribution in [-0.2, 0) is 46.6 Å². The number of benzene rings is 4. The van der Waals surface area contributed by atoms with Crippen molar-refractivity contribution >= 4 is 29.5 Å². The van der Waals surface area contributed by atoms with Gasteiger partial charge in [-0.2, -0.15) is 13.2 Å². The number of esters is 3. The van der Waals surface area contributed by atoms with Crippen molar-refractivity contribution in [1.82, 2.24) is 0 Å². The van der Waals surface area contributed by atoms with E-state index in [4.69, 9.17) is 18.9 Å². The van der Waals surface area contributed by atoms with Crippen LogP contribution in [0.5, 0.6) is 5.75 Å². The van der Waals surface area contributed by atoms with Crippen LogP contribution in [-0.4, -0.2) is 50.2 Å². The van der Waals surface area contributed by atoms with E-state index in [0.29, 0.717) is 16.7 Å². The Hall–Kier alpha value is -5.65. The number of carbonyl (C=O) groups is 4. The molecule has 0 saturated carbocycles. The minimum atomic E-state index is -4.49. The predicted octanol–water partition coefficient (Wildman–Crippen LogP) is 7.17. The van der Waals surface area contributed by atoms with Gasteiger partial charge < -0.3 is 24.3 Å². The molecule has 0 bridgehead atoms. The third kappa shape index (κ3) is 8.68. The van der Waals surface area contributed by atoms with Crippen molar-refractivity contribution < 1.29 is 51.3 Å². The number of rotatable bonds is 14. The molecule has 50 heavy (non-hydrogen) atoms. The van der Waals surface area contributed by atoms with E-state index in [1.165, 1.54) is 18.2 Å². The molecular formula is C38H36F3NO8. The highest BCUT2D eigenvalue weighted by atomic mass is 19.4. The summed E-state index contributed by atoms with van der Waals surface area (Å²) in [7, 11) is 0. The lowest BCUT2D eigenvalue weighted by molar-refractivity contribution is -0.170. The molecular weight excluding hydrogens is 655 g/mol. The smallest absolute Gasteiger partial charge is 0.416 e. The maximum Gasteiger partial charge on any atom is 0.416 e. The topological polar surface area (TPSA) is 117 Å². The fraction of sp³-hybridized carbons (Fsp3) is 0.263. The van der Waals surface area contributed by atoms with Crippen molar-refractivity contribution in [3.05, 3.63) is 119 Å². The van der Waals surface area contributed by atoms with Crippen molar-refractivity contribution in [3.63, 3.8) is 0 Å². The van der Waals surface area contributed by atoms with Crippen molar-refractivity contribution in [2.24, 2.45) is 0 Å². The zero-order valence-electron chi connectivity index (χ0n) is 27.7. The van der Waals surface area contributed by atoms with Gasteiger partial charge in [0.2, 0.25) is 5.41 Å². The quantitative estimate of drug-likeness (QED) is 0.0841. The number of anilines is 1. The molecule has 0 aliphatic heterocycles. The molecule has 0 saturated heterocycles. The maximum absolute atomic E-state index is 13.5. The molecule has 262 valence electrons. The average Bonchev–Trinajstić information content (AvgIpc) is 3.10. The summed E-state index contributed by atoms with van der Waals surface area (Å²) in [5.41, 5.74) is -0.830. The monoisotopic (exact) mass is 691 g/mol. The molecule has 0 heterocycles. The molecule has 0 spiro atoms. The van der Waals surface area contributed by atoms with Gasteiger partial charge in [-0.15, -0.1) is 0 Å². The predicted molar refractivity (Wildman–Crippen MR) is 178 cm³/mol. The van der Waals surface area contributed by atoms with Gasteiger partial charge in [-0.25, -0.2) is 0 Å². The highest BCUT2D eigenvalue weighted by Gasteiger charge is 2.52. The second-order valence-corrected chi connectivity index (χ2v) is 10.9. The van der Waals surface area contributed by atoms with Crippen LogP contribution in [0.2, 0.25) is 0 Å². The number of alkyl halides is 3. The van der Waals surface area contributed by atoms with Crippen LogP contribution in [0.25, 0.3) is 11.1 Å². The van der Waals surface area contributed by atoms with Crippen molar-refractivity contribution in [2.75, 3.05) is 31.7 Å². The number of carbonyl (C=O) groups excluding carboxylic acids is 4. The first-order valence-electron chi connectivity index (χ1n) is 15.8. The van der Waals surface area contributed by atoms with Crippen LogP contribution in [0, 0.1) is 0 Å². The summed E-state index contributed by atoms with van der Waals surface area (Å²) in [4.78, 5) is 53.1. The van der Waals surface area contributed by atoms with E-state index in [1.807, 2.05) is 0 Å². The number of hydrogen-bond acceptors (Lipinski definition) is 8. The largest absolute Gasteiger partial charge is 0.492 e. The van der Waals surface area contributed by atoms with E-state index in [-0.39, 0.29) is 48.8 Å². The van der Waals surface area contributed by atoms with Gasteiger partial charge in [0, 0.05) is 5.56 Å². The van der Waals surface area contributed by atoms with Crippen LogP contribution < -0.4 is 10.1 Å². The zero-order valence-corrected chi connectivity index (χ0v) is 27.7. The van der Waals surface area contributed by atoms with E-state index < -0.39 is 47.6 Å². The lowest BCUT2D eigenvalue weighted by Crippen LogP contribution is -2.50. The lowest BCUT2D eigenvalue weighted by Gasteiger charge is -2.29. The van der Waals surface area contributed by atoms with Crippen LogP contribution in [0.3, 0.4) is 0 Å². The highest BCUT2D eigenvalue weighted by Crippen LogP contribution is 2.33. The Balaban J connectivity index is 1.54. The molecule has 4 aromatic carbocycles. The number of hydrogen-bond donors (Lipinski definition) is 1. The van der Waals surface area contributed by atoms with E-state index in [0.717, 1.165) is 12.1 Å². The first-order valence-corrected chi connectivity index (χ1v) is 15.8. The number of ether oxygens (including phenoxy) is 4. The number of amides is 1. The molecule has 0 atom stereocenters. The van der Waals surface area contributed by atoms with E-state index in [1.54, 1.807) is 87.5 Å². The summed E-state index contributed by atoms with van der Waals surface area (Å²) in [6.07, 6.45) is -4.77. The van der Waals surface area contributed by atoms with Crippen molar-refractivity contribution in [1.29, 1.82) is 0 Å². The van der Waals surface area contributed by atoms with Gasteiger partial charge in [0.25, 0.3) is 5.91 Å². The van der Waals surface area contributed by atoms with E-state index in [2.05, 4.69) is 5.32 Å². The van der Waals surface area contributed by atoms with Gasteiger partial charge in [0.1, 0.15) is 12.4 Å². The third-order valence-corrected chi connectivity index (χ3v) is 7.60. The fourth-order valence-electron chi connectivity index (χ4n) is 5.17. The molecule has 0 aromatic heterocycles. The molecule has 4 rings (SSSR count). The summed E-state index contributed by atoms with van der Waals surface area (Å²) < 4.78 is 61.0. The van der Waals surface area contributed by atoms with Gasteiger partial charge in [0.05, 0.1) is 37.5 Å². The maximum atomic E-state index is 13.5. The molecule has 0 aliphatic carbocycles. The first kappa shape index (κ1) is 37.2. The van der Waals surface area contributed by atoms with Crippen LogP contribution in [0.15, 0.2) is 97.1 Å². The van der Waals surface area contributed by atoms with Gasteiger partial charge in [-0.05, 0) is 73.4 Å². The Kier molecular flexibility index (Phi) is 12.4. The summed E-state index contributed by atoms with van der Waals surface area (Å²) in [6, 6.07) is 23.7. The highest BCUT2D eigenvalue weighted by molar-refractivity contribution is 6.09. The van der Waals surface area contributed by atoms with Gasteiger partial charge in [0.15, 0.2) is 0 Å². The number of nitrogens with one attached hydrogen (secondary N) is 1. The number of halogens is 3. The Morgan fingerprint density at radius 2 is 1.30 bits per heavy atom. The summed E-state index contributed by atoms with van der Waals surface area (Å²) in [5.74, 6) is -2.89. The Morgan fingerprint density at radius 3 is 1.90 bits per heavy atom. The zero-order chi connectivity index (χ0) is 36.3. The minimum absolute atomic E-state index is 0.0233. The van der Waals surface area contributed by atoms with Crippen molar-refractivity contribution in [2.45, 2.75) is 38.8 Å². The molecule has 0 aliphatic rings. The van der Waals surface area contributed by atoms with Gasteiger partial charge in [-0.3, -0.25) is 19.2 Å². The van der Waals surface area contributed by atoms with Crippen LogP contribution in [0.1, 0.15) is 47.8 Å². The molecule has 0 fully saturated rings. The molecule has 9 nitrogen and oxygen atoms in total. The molecule has 1 N–H and O–H groups in total. The Labute approximate surface area is 287 Å². The first-order chi connectivity index (χ1) is 23.9. The molecule has 12 heteroatoms. The molecule has 4 aromatic rings. The molecule has 0 radical (unpaired) electrons. The lowest BCUT2D eigenvalue weighted by atomic mass is 9.81. The van der Waals surface area contributed by atoms with Gasteiger partial charge in [-0.1, -0.05) is 66.7 Å². The third-order valence-electron chi connectivity index (χ3n) is 7.60. The van der Waals surface area contributed by atoms with Crippen molar-refractivity contribution in [3.8, 4) is 16.9 Å².